The number of anilines is 1. The van der Waals surface area contributed by atoms with Gasteiger partial charge in [0.05, 0.1) is 4.90 Å². The summed E-state index contributed by atoms with van der Waals surface area (Å²) >= 11 is 0. The number of carbonyl (C=O) groups excluding carboxylic acids is 2. The summed E-state index contributed by atoms with van der Waals surface area (Å²) in [5, 5.41) is 2.65. The maximum atomic E-state index is 12.3. The Labute approximate surface area is 165 Å². The van der Waals surface area contributed by atoms with Gasteiger partial charge in [0.15, 0.2) is 12.4 Å². The van der Waals surface area contributed by atoms with Crippen LogP contribution in [0.25, 0.3) is 0 Å². The van der Waals surface area contributed by atoms with E-state index in [1.165, 1.54) is 31.2 Å². The number of ether oxygens (including phenoxy) is 1. The van der Waals surface area contributed by atoms with Crippen molar-refractivity contribution in [2.24, 2.45) is 0 Å². The van der Waals surface area contributed by atoms with Gasteiger partial charge in [-0.15, -0.1) is 0 Å². The molecule has 0 heterocycles. The fourth-order valence-corrected chi connectivity index (χ4v) is 3.76. The quantitative estimate of drug-likeness (QED) is 0.691. The normalized spacial score (nSPS) is 11.7. The zero-order valence-corrected chi connectivity index (χ0v) is 17.1. The van der Waals surface area contributed by atoms with Crippen molar-refractivity contribution in [1.82, 2.24) is 4.72 Å². The Bertz CT molecular complexity index is 961. The van der Waals surface area contributed by atoms with Gasteiger partial charge in [-0.05, 0) is 64.1 Å². The molecule has 2 aromatic carbocycles. The van der Waals surface area contributed by atoms with Crippen molar-refractivity contribution in [2.45, 2.75) is 38.1 Å². The minimum atomic E-state index is -3.63. The molecule has 0 aliphatic carbocycles. The van der Waals surface area contributed by atoms with Gasteiger partial charge in [-0.3, -0.25) is 9.59 Å². The van der Waals surface area contributed by atoms with Crippen LogP contribution in [0.2, 0.25) is 0 Å². The Hall–Kier alpha value is -2.71. The van der Waals surface area contributed by atoms with Crippen LogP contribution < -0.4 is 14.8 Å². The highest BCUT2D eigenvalue weighted by Gasteiger charge is 2.21. The number of hydrogen-bond donors (Lipinski definition) is 2. The SMILES string of the molecule is CC(=O)c1cccc(NC(=O)COc2ccc(S(=O)(=O)NC(C)(C)C)cc2)c1. The van der Waals surface area contributed by atoms with E-state index in [-0.39, 0.29) is 17.3 Å². The van der Waals surface area contributed by atoms with Crippen molar-refractivity contribution in [2.75, 3.05) is 11.9 Å². The number of carbonyl (C=O) groups is 2. The summed E-state index contributed by atoms with van der Waals surface area (Å²) < 4.78 is 32.5. The van der Waals surface area contributed by atoms with Gasteiger partial charge in [0.2, 0.25) is 10.0 Å². The average Bonchev–Trinajstić information content (AvgIpc) is 2.58. The molecule has 2 rings (SSSR count). The molecule has 28 heavy (non-hydrogen) atoms. The van der Waals surface area contributed by atoms with Gasteiger partial charge in [0.25, 0.3) is 5.91 Å². The van der Waals surface area contributed by atoms with Crippen LogP contribution in [0.15, 0.2) is 53.4 Å². The Morgan fingerprint density at radius 3 is 2.25 bits per heavy atom. The summed E-state index contributed by atoms with van der Waals surface area (Å²) in [6, 6.07) is 12.4. The number of ketones is 1. The van der Waals surface area contributed by atoms with Gasteiger partial charge in [-0.25, -0.2) is 13.1 Å². The van der Waals surface area contributed by atoms with E-state index < -0.39 is 21.5 Å². The van der Waals surface area contributed by atoms with E-state index in [1.807, 2.05) is 0 Å². The van der Waals surface area contributed by atoms with Crippen LogP contribution in [0.5, 0.6) is 5.75 Å². The number of sulfonamides is 1. The number of amides is 1. The predicted octanol–water partition coefficient (Wildman–Crippen LogP) is 2.98. The molecule has 0 radical (unpaired) electrons. The van der Waals surface area contributed by atoms with Crippen molar-refractivity contribution in [1.29, 1.82) is 0 Å². The van der Waals surface area contributed by atoms with Crippen molar-refractivity contribution >= 4 is 27.4 Å². The topological polar surface area (TPSA) is 102 Å². The highest BCUT2D eigenvalue weighted by atomic mass is 32.2. The minimum Gasteiger partial charge on any atom is -0.484 e. The Balaban J connectivity index is 1.95. The van der Waals surface area contributed by atoms with E-state index in [9.17, 15) is 18.0 Å². The number of hydrogen-bond acceptors (Lipinski definition) is 5. The van der Waals surface area contributed by atoms with Gasteiger partial charge >= 0.3 is 0 Å². The lowest BCUT2D eigenvalue weighted by Crippen LogP contribution is -2.40. The van der Waals surface area contributed by atoms with Gasteiger partial charge in [-0.1, -0.05) is 12.1 Å². The minimum absolute atomic E-state index is 0.0941. The molecule has 1 amide bonds. The summed E-state index contributed by atoms with van der Waals surface area (Å²) in [7, 11) is -3.63. The summed E-state index contributed by atoms with van der Waals surface area (Å²) in [5.74, 6) is -0.127. The molecular weight excluding hydrogens is 380 g/mol. The Morgan fingerprint density at radius 2 is 1.68 bits per heavy atom. The molecule has 0 fully saturated rings. The maximum absolute atomic E-state index is 12.3. The first kappa shape index (κ1) is 21.6. The van der Waals surface area contributed by atoms with Crippen LogP contribution in [0.3, 0.4) is 0 Å². The highest BCUT2D eigenvalue weighted by molar-refractivity contribution is 7.89. The molecule has 0 saturated heterocycles. The molecule has 0 atom stereocenters. The van der Waals surface area contributed by atoms with Crippen molar-refractivity contribution < 1.29 is 22.7 Å². The zero-order chi connectivity index (χ0) is 20.9. The first-order chi connectivity index (χ1) is 13.0. The van der Waals surface area contributed by atoms with E-state index in [0.29, 0.717) is 17.0 Å². The van der Waals surface area contributed by atoms with Gasteiger partial charge < -0.3 is 10.1 Å². The number of Topliss-reactive ketones (excluding diaryl/α,β-unsaturated/α-hetero) is 1. The Morgan fingerprint density at radius 1 is 1.04 bits per heavy atom. The second-order valence-corrected chi connectivity index (χ2v) is 8.98. The third-order valence-electron chi connectivity index (χ3n) is 3.50. The lowest BCUT2D eigenvalue weighted by atomic mass is 10.1. The first-order valence-corrected chi connectivity index (χ1v) is 10.1. The number of rotatable bonds is 7. The smallest absolute Gasteiger partial charge is 0.262 e. The van der Waals surface area contributed by atoms with E-state index in [1.54, 1.807) is 45.0 Å². The third kappa shape index (κ3) is 6.47. The highest BCUT2D eigenvalue weighted by Crippen LogP contribution is 2.18. The molecule has 0 unspecified atom stereocenters. The van der Waals surface area contributed by atoms with Crippen molar-refractivity contribution in [3.63, 3.8) is 0 Å². The van der Waals surface area contributed by atoms with Gasteiger partial charge in [0, 0.05) is 16.8 Å². The van der Waals surface area contributed by atoms with Crippen LogP contribution >= 0.6 is 0 Å². The van der Waals surface area contributed by atoms with Crippen molar-refractivity contribution in [3.05, 3.63) is 54.1 Å². The standard InChI is InChI=1S/C20H24N2O5S/c1-14(23)15-6-5-7-16(12-15)21-19(24)13-27-17-8-10-18(11-9-17)28(25,26)22-20(2,3)4/h5-12,22H,13H2,1-4H3,(H,21,24). The molecule has 0 aliphatic rings. The maximum Gasteiger partial charge on any atom is 0.262 e. The van der Waals surface area contributed by atoms with E-state index in [2.05, 4.69) is 10.0 Å². The molecule has 0 aromatic heterocycles. The number of benzene rings is 2. The largest absolute Gasteiger partial charge is 0.484 e. The second-order valence-electron chi connectivity index (χ2n) is 7.30. The molecule has 8 heteroatoms. The average molecular weight is 404 g/mol. The zero-order valence-electron chi connectivity index (χ0n) is 16.3. The van der Waals surface area contributed by atoms with Gasteiger partial charge in [0.1, 0.15) is 5.75 Å². The summed E-state index contributed by atoms with van der Waals surface area (Å²) in [6.45, 7) is 6.47. The molecule has 2 aromatic rings. The molecule has 150 valence electrons. The van der Waals surface area contributed by atoms with Crippen LogP contribution in [0.4, 0.5) is 5.69 Å². The lowest BCUT2D eigenvalue weighted by Gasteiger charge is -2.20. The Kier molecular flexibility index (Phi) is 6.58. The van der Waals surface area contributed by atoms with Crippen molar-refractivity contribution in [3.8, 4) is 5.75 Å². The lowest BCUT2D eigenvalue weighted by molar-refractivity contribution is -0.118. The fourth-order valence-electron chi connectivity index (χ4n) is 2.34. The monoisotopic (exact) mass is 404 g/mol. The molecule has 0 spiro atoms. The third-order valence-corrected chi connectivity index (χ3v) is 5.27. The van der Waals surface area contributed by atoms with E-state index >= 15 is 0 Å². The fraction of sp³-hybridized carbons (Fsp3) is 0.300. The van der Waals surface area contributed by atoms with E-state index in [0.717, 1.165) is 0 Å². The molecule has 2 N–H and O–H groups in total. The summed E-state index contributed by atoms with van der Waals surface area (Å²) in [6.07, 6.45) is 0. The van der Waals surface area contributed by atoms with Crippen LogP contribution in [-0.4, -0.2) is 32.3 Å². The predicted molar refractivity (Wildman–Crippen MR) is 107 cm³/mol. The van der Waals surface area contributed by atoms with E-state index in [4.69, 9.17) is 4.74 Å². The molecule has 7 nitrogen and oxygen atoms in total. The molecule has 0 aliphatic heterocycles. The summed E-state index contributed by atoms with van der Waals surface area (Å²) in [4.78, 5) is 23.5. The van der Waals surface area contributed by atoms with Crippen LogP contribution in [-0.2, 0) is 14.8 Å². The van der Waals surface area contributed by atoms with Crippen LogP contribution in [0.1, 0.15) is 38.1 Å². The first-order valence-electron chi connectivity index (χ1n) is 8.64. The molecule has 0 saturated carbocycles. The second kappa shape index (κ2) is 8.53. The number of nitrogens with one attached hydrogen (secondary N) is 2. The summed E-state index contributed by atoms with van der Waals surface area (Å²) in [5.41, 5.74) is 0.404. The van der Waals surface area contributed by atoms with Crippen LogP contribution in [0, 0.1) is 0 Å². The van der Waals surface area contributed by atoms with Gasteiger partial charge in [-0.2, -0.15) is 0 Å². The molecule has 0 bridgehead atoms. The molecular formula is C20H24N2O5S.